The molecule has 150 valence electrons. The summed E-state index contributed by atoms with van der Waals surface area (Å²) in [6.07, 6.45) is 3.91. The highest BCUT2D eigenvalue weighted by Gasteiger charge is 2.22. The number of nitrogens with zero attached hydrogens (tertiary/aromatic N) is 5. The molecular formula is C20H26FN5O2. The van der Waals surface area contributed by atoms with Gasteiger partial charge in [0.2, 0.25) is 11.9 Å². The van der Waals surface area contributed by atoms with E-state index in [-0.39, 0.29) is 17.5 Å². The van der Waals surface area contributed by atoms with E-state index in [9.17, 15) is 9.18 Å². The second-order valence-corrected chi connectivity index (χ2v) is 6.75. The fraction of sp³-hybridized carbons (Fsp3) is 0.450. The molecular weight excluding hydrogens is 361 g/mol. The van der Waals surface area contributed by atoms with E-state index in [2.05, 4.69) is 14.9 Å². The molecule has 0 N–H and O–H groups in total. The molecule has 0 aliphatic carbocycles. The standard InChI is InChI=1S/C20H26FN5O2/c1-24(15-16-28-18-6-3-2-5-17(18)21)10-7-19(27)25-11-13-26(14-12-25)20-22-8-4-9-23-20/h2-6,8-9H,7,10-16H2,1H3. The Hall–Kier alpha value is -2.74. The molecule has 0 atom stereocenters. The Balaban J connectivity index is 1.33. The Bertz CT molecular complexity index is 753. The summed E-state index contributed by atoms with van der Waals surface area (Å²) in [4.78, 5) is 27.0. The minimum Gasteiger partial charge on any atom is -0.489 e. The van der Waals surface area contributed by atoms with Gasteiger partial charge in [-0.3, -0.25) is 4.79 Å². The molecule has 1 aromatic carbocycles. The third-order valence-corrected chi connectivity index (χ3v) is 4.74. The number of aromatic nitrogens is 2. The summed E-state index contributed by atoms with van der Waals surface area (Å²) in [5, 5.41) is 0. The summed E-state index contributed by atoms with van der Waals surface area (Å²) in [6.45, 7) is 4.47. The molecule has 1 saturated heterocycles. The number of rotatable bonds is 8. The van der Waals surface area contributed by atoms with Crippen molar-refractivity contribution in [3.05, 3.63) is 48.5 Å². The molecule has 2 aromatic rings. The van der Waals surface area contributed by atoms with Gasteiger partial charge in [0.25, 0.3) is 0 Å². The van der Waals surface area contributed by atoms with Gasteiger partial charge in [0.1, 0.15) is 6.61 Å². The van der Waals surface area contributed by atoms with E-state index >= 15 is 0 Å². The van der Waals surface area contributed by atoms with Crippen LogP contribution in [-0.2, 0) is 4.79 Å². The van der Waals surface area contributed by atoms with Gasteiger partial charge in [0, 0.05) is 58.1 Å². The third kappa shape index (κ3) is 5.63. The van der Waals surface area contributed by atoms with E-state index in [1.54, 1.807) is 36.7 Å². The molecule has 0 saturated carbocycles. The normalized spacial score (nSPS) is 14.4. The van der Waals surface area contributed by atoms with Gasteiger partial charge in [0.05, 0.1) is 0 Å². The zero-order valence-corrected chi connectivity index (χ0v) is 16.1. The fourth-order valence-corrected chi connectivity index (χ4v) is 3.04. The Labute approximate surface area is 164 Å². The molecule has 2 heterocycles. The Morgan fingerprint density at radius 1 is 1.11 bits per heavy atom. The summed E-state index contributed by atoms with van der Waals surface area (Å²) >= 11 is 0. The number of hydrogen-bond acceptors (Lipinski definition) is 6. The topological polar surface area (TPSA) is 61.8 Å². The maximum atomic E-state index is 13.5. The molecule has 3 rings (SSSR count). The first-order chi connectivity index (χ1) is 13.6. The molecule has 1 aromatic heterocycles. The van der Waals surface area contributed by atoms with Crippen LogP contribution in [0.5, 0.6) is 5.75 Å². The van der Waals surface area contributed by atoms with Crippen LogP contribution in [-0.4, -0.2) is 78.6 Å². The average Bonchev–Trinajstić information content (AvgIpc) is 2.74. The van der Waals surface area contributed by atoms with Gasteiger partial charge in [-0.25, -0.2) is 14.4 Å². The first-order valence-electron chi connectivity index (χ1n) is 9.49. The van der Waals surface area contributed by atoms with Crippen molar-refractivity contribution in [2.24, 2.45) is 0 Å². The minimum absolute atomic E-state index is 0.149. The van der Waals surface area contributed by atoms with Crippen molar-refractivity contribution in [3.63, 3.8) is 0 Å². The number of piperazine rings is 1. The Morgan fingerprint density at radius 3 is 2.54 bits per heavy atom. The van der Waals surface area contributed by atoms with Gasteiger partial charge < -0.3 is 19.4 Å². The molecule has 1 aliphatic heterocycles. The molecule has 0 unspecified atom stereocenters. The van der Waals surface area contributed by atoms with E-state index in [0.717, 1.165) is 13.1 Å². The highest BCUT2D eigenvalue weighted by Crippen LogP contribution is 2.15. The second kappa shape index (κ2) is 9.98. The van der Waals surface area contributed by atoms with E-state index in [4.69, 9.17) is 4.74 Å². The first-order valence-corrected chi connectivity index (χ1v) is 9.49. The number of amides is 1. The highest BCUT2D eigenvalue weighted by molar-refractivity contribution is 5.76. The van der Waals surface area contributed by atoms with E-state index in [1.807, 2.05) is 16.8 Å². The number of hydrogen-bond donors (Lipinski definition) is 0. The average molecular weight is 387 g/mol. The lowest BCUT2D eigenvalue weighted by Gasteiger charge is -2.35. The van der Waals surface area contributed by atoms with Crippen molar-refractivity contribution in [2.45, 2.75) is 6.42 Å². The molecule has 1 aliphatic rings. The Morgan fingerprint density at radius 2 is 1.82 bits per heavy atom. The number of likely N-dealkylation sites (N-methyl/N-ethyl adjacent to an activating group) is 1. The van der Waals surface area contributed by atoms with Crippen LogP contribution < -0.4 is 9.64 Å². The van der Waals surface area contributed by atoms with Crippen molar-refractivity contribution < 1.29 is 13.9 Å². The summed E-state index contributed by atoms with van der Waals surface area (Å²) in [5.74, 6) is 0.757. The summed E-state index contributed by atoms with van der Waals surface area (Å²) in [6, 6.07) is 8.15. The van der Waals surface area contributed by atoms with Gasteiger partial charge in [-0.15, -0.1) is 0 Å². The molecule has 0 bridgehead atoms. The number of para-hydroxylation sites is 1. The van der Waals surface area contributed by atoms with E-state index in [1.165, 1.54) is 6.07 Å². The van der Waals surface area contributed by atoms with Crippen LogP contribution >= 0.6 is 0 Å². The molecule has 1 amide bonds. The largest absolute Gasteiger partial charge is 0.489 e. The number of ether oxygens (including phenoxy) is 1. The lowest BCUT2D eigenvalue weighted by atomic mass is 10.2. The zero-order valence-electron chi connectivity index (χ0n) is 16.1. The Kier molecular flexibility index (Phi) is 7.13. The number of benzene rings is 1. The predicted octanol–water partition coefficient (Wildman–Crippen LogP) is 1.67. The van der Waals surface area contributed by atoms with Crippen molar-refractivity contribution in [3.8, 4) is 5.75 Å². The maximum Gasteiger partial charge on any atom is 0.225 e. The van der Waals surface area contributed by atoms with Gasteiger partial charge in [-0.2, -0.15) is 0 Å². The monoisotopic (exact) mass is 387 g/mol. The van der Waals surface area contributed by atoms with E-state index < -0.39 is 0 Å². The molecule has 7 nitrogen and oxygen atoms in total. The van der Waals surface area contributed by atoms with Crippen molar-refractivity contribution in [2.75, 3.05) is 57.8 Å². The van der Waals surface area contributed by atoms with Crippen molar-refractivity contribution in [1.82, 2.24) is 19.8 Å². The van der Waals surface area contributed by atoms with Crippen LogP contribution in [0.1, 0.15) is 6.42 Å². The molecule has 1 fully saturated rings. The van der Waals surface area contributed by atoms with Crippen LogP contribution in [0.3, 0.4) is 0 Å². The maximum absolute atomic E-state index is 13.5. The quantitative estimate of drug-likeness (QED) is 0.687. The van der Waals surface area contributed by atoms with Crippen LogP contribution in [0.25, 0.3) is 0 Å². The third-order valence-electron chi connectivity index (χ3n) is 4.74. The number of carbonyl (C=O) groups excluding carboxylic acids is 1. The lowest BCUT2D eigenvalue weighted by molar-refractivity contribution is -0.131. The van der Waals surface area contributed by atoms with Crippen LogP contribution in [0, 0.1) is 5.82 Å². The van der Waals surface area contributed by atoms with Gasteiger partial charge in [0.15, 0.2) is 11.6 Å². The first kappa shape index (κ1) is 20.0. The van der Waals surface area contributed by atoms with Crippen LogP contribution in [0.15, 0.2) is 42.7 Å². The summed E-state index contributed by atoms with van der Waals surface area (Å²) in [5.41, 5.74) is 0. The minimum atomic E-state index is -0.361. The fourth-order valence-electron chi connectivity index (χ4n) is 3.04. The smallest absolute Gasteiger partial charge is 0.225 e. The zero-order chi connectivity index (χ0) is 19.8. The van der Waals surface area contributed by atoms with Crippen molar-refractivity contribution in [1.29, 1.82) is 0 Å². The SMILES string of the molecule is CN(CCOc1ccccc1F)CCC(=O)N1CCN(c2ncccn2)CC1. The second-order valence-electron chi connectivity index (χ2n) is 6.75. The summed E-state index contributed by atoms with van der Waals surface area (Å²) in [7, 11) is 1.93. The van der Waals surface area contributed by atoms with E-state index in [0.29, 0.717) is 45.2 Å². The van der Waals surface area contributed by atoms with Gasteiger partial charge >= 0.3 is 0 Å². The van der Waals surface area contributed by atoms with Gasteiger partial charge in [-0.1, -0.05) is 12.1 Å². The van der Waals surface area contributed by atoms with Crippen molar-refractivity contribution >= 4 is 11.9 Å². The molecule has 0 radical (unpaired) electrons. The van der Waals surface area contributed by atoms with Crippen LogP contribution in [0.2, 0.25) is 0 Å². The predicted molar refractivity (Wildman–Crippen MR) is 105 cm³/mol. The van der Waals surface area contributed by atoms with Gasteiger partial charge in [-0.05, 0) is 25.2 Å². The number of anilines is 1. The highest BCUT2D eigenvalue weighted by atomic mass is 19.1. The molecule has 0 spiro atoms. The molecule has 28 heavy (non-hydrogen) atoms. The number of carbonyl (C=O) groups is 1. The number of halogens is 1. The lowest BCUT2D eigenvalue weighted by Crippen LogP contribution is -2.49. The van der Waals surface area contributed by atoms with Crippen LogP contribution in [0.4, 0.5) is 10.3 Å². The summed E-state index contributed by atoms with van der Waals surface area (Å²) < 4.78 is 19.0. The molecule has 8 heteroatoms.